The van der Waals surface area contributed by atoms with Crippen LogP contribution in [0.4, 0.5) is 0 Å². The fourth-order valence-corrected chi connectivity index (χ4v) is 0. The molecule has 0 nitrogen and oxygen atoms in total. The van der Waals surface area contributed by atoms with Gasteiger partial charge < -0.3 is 0 Å². The van der Waals surface area contributed by atoms with Crippen LogP contribution in [0.5, 0.6) is 0 Å². The second-order valence-electron chi connectivity index (χ2n) is 0.577. The summed E-state index contributed by atoms with van der Waals surface area (Å²) in [7, 11) is 0.750. The maximum absolute atomic E-state index is 2.21. The first-order valence-electron chi connectivity index (χ1n) is 1.15. The normalized spacial score (nSPS) is 4.50. The Bertz CT molecular complexity index is 6.00. The molecule has 0 fully saturated rings. The Morgan fingerprint density at radius 1 is 1.25 bits per heavy atom. The van der Waals surface area contributed by atoms with Crippen molar-refractivity contribution in [2.75, 3.05) is 0 Å². The molecule has 0 spiro atoms. The van der Waals surface area contributed by atoms with Crippen molar-refractivity contribution in [1.82, 2.24) is 0 Å². The average Bonchev–Trinajstić information content (AvgIpc) is 0.918. The van der Waals surface area contributed by atoms with Crippen molar-refractivity contribution in [3.63, 3.8) is 0 Å². The van der Waals surface area contributed by atoms with Gasteiger partial charge in [0, 0.05) is 0 Å². The molecule has 0 bridgehead atoms. The molecular formula is C2H7KSi. The van der Waals surface area contributed by atoms with E-state index in [1.165, 1.54) is 0 Å². The van der Waals surface area contributed by atoms with E-state index < -0.39 is 0 Å². The second-order valence-corrected chi connectivity index (χ2v) is 1.73. The fraction of sp³-hybridized carbons (Fsp3) is 1.00. The Balaban J connectivity index is 0. The third-order valence-electron chi connectivity index (χ3n) is 0. The molecule has 0 amide bonds. The van der Waals surface area contributed by atoms with Gasteiger partial charge in [-0.3, -0.25) is 9.52 Å². The molecule has 0 saturated carbocycles. The van der Waals surface area contributed by atoms with E-state index in [0.717, 1.165) is 9.52 Å². The molecule has 0 aliphatic heterocycles. The molecule has 0 aliphatic rings. The summed E-state index contributed by atoms with van der Waals surface area (Å²) in [5.74, 6) is 0. The Morgan fingerprint density at radius 2 is 1.25 bits per heavy atom. The van der Waals surface area contributed by atoms with E-state index in [1.54, 1.807) is 0 Å². The molecule has 0 rings (SSSR count). The van der Waals surface area contributed by atoms with Gasteiger partial charge in [-0.1, -0.05) is 0 Å². The monoisotopic (exact) mass is 98.0 g/mol. The van der Waals surface area contributed by atoms with Crippen LogP contribution in [0, 0.1) is 0 Å². The smallest absolute Gasteiger partial charge is 0.286 e. The maximum atomic E-state index is 2.21. The van der Waals surface area contributed by atoms with Crippen LogP contribution in [0.3, 0.4) is 0 Å². The van der Waals surface area contributed by atoms with Crippen LogP contribution in [0.15, 0.2) is 0 Å². The minimum atomic E-state index is 0. The van der Waals surface area contributed by atoms with Crippen molar-refractivity contribution >= 4 is 9.52 Å². The van der Waals surface area contributed by atoms with Gasteiger partial charge in [0.2, 0.25) is 0 Å². The molecule has 4 heavy (non-hydrogen) atoms. The Labute approximate surface area is 72.6 Å². The topological polar surface area (TPSA) is 0 Å². The average molecular weight is 98.3 g/mol. The zero-order valence-corrected chi connectivity index (χ0v) is 7.86. The summed E-state index contributed by atoms with van der Waals surface area (Å²) in [4.78, 5) is 0. The van der Waals surface area contributed by atoms with Crippen molar-refractivity contribution < 1.29 is 51.4 Å². The van der Waals surface area contributed by atoms with Gasteiger partial charge in [-0.05, 0) is 0 Å². The standard InChI is InChI=1S/C2H7Si.K/c1-3-2;/h3H,1-2H3;/q-1;+1. The zero-order chi connectivity index (χ0) is 2.71. The predicted octanol–water partition coefficient (Wildman–Crippen LogP) is -2.48. The summed E-state index contributed by atoms with van der Waals surface area (Å²) >= 11 is 0. The first-order chi connectivity index (χ1) is 1.41. The molecule has 20 valence electrons. The third-order valence-corrected chi connectivity index (χ3v) is 0. The van der Waals surface area contributed by atoms with E-state index in [0.29, 0.717) is 0 Å². The van der Waals surface area contributed by atoms with E-state index in [4.69, 9.17) is 0 Å². The molecular weight excluding hydrogens is 91.2 g/mol. The van der Waals surface area contributed by atoms with E-state index in [9.17, 15) is 0 Å². The van der Waals surface area contributed by atoms with Crippen molar-refractivity contribution in [2.45, 2.75) is 13.1 Å². The summed E-state index contributed by atoms with van der Waals surface area (Å²) in [6, 6.07) is 0. The van der Waals surface area contributed by atoms with Crippen molar-refractivity contribution in [2.24, 2.45) is 0 Å². The number of hydrogen-bond donors (Lipinski definition) is 0. The minimum Gasteiger partial charge on any atom is -0.286 e. The van der Waals surface area contributed by atoms with Gasteiger partial charge in [0.05, 0.1) is 0 Å². The van der Waals surface area contributed by atoms with Crippen molar-refractivity contribution in [3.05, 3.63) is 0 Å². The molecule has 0 N–H and O–H groups in total. The first kappa shape index (κ1) is 9.29. The summed E-state index contributed by atoms with van der Waals surface area (Å²) in [6.07, 6.45) is 0. The van der Waals surface area contributed by atoms with Crippen molar-refractivity contribution in [3.8, 4) is 0 Å². The molecule has 0 aromatic heterocycles. The van der Waals surface area contributed by atoms with E-state index in [-0.39, 0.29) is 51.4 Å². The van der Waals surface area contributed by atoms with Gasteiger partial charge >= 0.3 is 51.4 Å². The summed E-state index contributed by atoms with van der Waals surface area (Å²) in [5, 5.41) is 0. The molecule has 0 atom stereocenters. The van der Waals surface area contributed by atoms with Crippen LogP contribution in [-0.2, 0) is 0 Å². The van der Waals surface area contributed by atoms with Crippen molar-refractivity contribution in [1.29, 1.82) is 0 Å². The van der Waals surface area contributed by atoms with Crippen LogP contribution in [0.25, 0.3) is 0 Å². The molecule has 0 aromatic carbocycles. The van der Waals surface area contributed by atoms with Gasteiger partial charge in [-0.15, -0.1) is 0 Å². The first-order valence-corrected chi connectivity index (χ1v) is 3.46. The Hall–Kier alpha value is 1.85. The van der Waals surface area contributed by atoms with Gasteiger partial charge in [0.25, 0.3) is 0 Å². The summed E-state index contributed by atoms with van der Waals surface area (Å²) in [5.41, 5.74) is 0. The molecule has 0 aromatic rings. The van der Waals surface area contributed by atoms with Crippen LogP contribution in [0.2, 0.25) is 13.1 Å². The van der Waals surface area contributed by atoms with Gasteiger partial charge in [0.15, 0.2) is 0 Å². The number of rotatable bonds is 0. The van der Waals surface area contributed by atoms with Crippen LogP contribution in [0.1, 0.15) is 0 Å². The van der Waals surface area contributed by atoms with E-state index in [1.807, 2.05) is 0 Å². The zero-order valence-electron chi connectivity index (χ0n) is 3.58. The summed E-state index contributed by atoms with van der Waals surface area (Å²) in [6.45, 7) is 4.42. The molecule has 0 unspecified atom stereocenters. The van der Waals surface area contributed by atoms with E-state index in [2.05, 4.69) is 13.1 Å². The Morgan fingerprint density at radius 3 is 1.25 bits per heavy atom. The van der Waals surface area contributed by atoms with Crippen LogP contribution >= 0.6 is 0 Å². The maximum Gasteiger partial charge on any atom is 1.00 e. The predicted molar refractivity (Wildman–Crippen MR) is 18.9 cm³/mol. The van der Waals surface area contributed by atoms with Crippen LogP contribution < -0.4 is 51.4 Å². The molecule has 0 saturated heterocycles. The van der Waals surface area contributed by atoms with Gasteiger partial charge in [-0.2, -0.15) is 13.1 Å². The van der Waals surface area contributed by atoms with Crippen LogP contribution in [-0.4, -0.2) is 9.52 Å². The number of hydrogen-bond acceptors (Lipinski definition) is 0. The third kappa shape index (κ3) is 9.13. The molecule has 0 aliphatic carbocycles. The molecule has 0 heterocycles. The Kier molecular flexibility index (Phi) is 20.5. The fourth-order valence-electron chi connectivity index (χ4n) is 0. The van der Waals surface area contributed by atoms with Gasteiger partial charge in [0.1, 0.15) is 0 Å². The minimum absolute atomic E-state index is 0. The SMILES string of the molecule is C[SiH-]C.[K+]. The largest absolute Gasteiger partial charge is 1.00 e. The quantitative estimate of drug-likeness (QED) is 0.294. The summed E-state index contributed by atoms with van der Waals surface area (Å²) < 4.78 is 0. The van der Waals surface area contributed by atoms with Gasteiger partial charge in [-0.25, -0.2) is 0 Å². The molecule has 0 radical (unpaired) electrons. The molecule has 2 heteroatoms. The van der Waals surface area contributed by atoms with E-state index >= 15 is 0 Å². The second kappa shape index (κ2) is 8.85.